The van der Waals surface area contributed by atoms with Gasteiger partial charge in [0.05, 0.1) is 5.75 Å². The molecule has 0 fully saturated rings. The number of phenolic OH excluding ortho intramolecular Hbond substituents is 1. The van der Waals surface area contributed by atoms with E-state index < -0.39 is 0 Å². The Kier molecular flexibility index (Phi) is 3.92. The first-order chi connectivity index (χ1) is 10.2. The van der Waals surface area contributed by atoms with Crippen molar-refractivity contribution >= 4 is 11.8 Å². The second-order valence-electron chi connectivity index (χ2n) is 4.66. The van der Waals surface area contributed by atoms with E-state index in [0.29, 0.717) is 17.5 Å². The molecule has 1 heterocycles. The number of hydrogen-bond acceptors (Lipinski definition) is 5. The fourth-order valence-corrected chi connectivity index (χ4v) is 2.56. The van der Waals surface area contributed by atoms with Gasteiger partial charge in [0.1, 0.15) is 5.75 Å². The van der Waals surface area contributed by atoms with Gasteiger partial charge in [0.25, 0.3) is 5.89 Å². The highest BCUT2D eigenvalue weighted by Gasteiger charge is 2.09. The lowest BCUT2D eigenvalue weighted by molar-refractivity contribution is 0.425. The molecule has 21 heavy (non-hydrogen) atoms. The average molecular weight is 298 g/mol. The molecule has 0 aliphatic rings. The van der Waals surface area contributed by atoms with Gasteiger partial charge in [-0.3, -0.25) is 0 Å². The van der Waals surface area contributed by atoms with Crippen molar-refractivity contribution in [2.45, 2.75) is 17.6 Å². The molecule has 0 aliphatic carbocycles. The van der Waals surface area contributed by atoms with Gasteiger partial charge in [-0.1, -0.05) is 22.9 Å². The van der Waals surface area contributed by atoms with E-state index >= 15 is 0 Å². The largest absolute Gasteiger partial charge is 0.508 e. The van der Waals surface area contributed by atoms with Crippen LogP contribution in [0.2, 0.25) is 0 Å². The summed E-state index contributed by atoms with van der Waals surface area (Å²) in [5.41, 5.74) is 2.12. The molecule has 0 atom stereocenters. The lowest BCUT2D eigenvalue weighted by Gasteiger charge is -1.98. The summed E-state index contributed by atoms with van der Waals surface area (Å²) in [6.45, 7) is 2.04. The highest BCUT2D eigenvalue weighted by molar-refractivity contribution is 7.98. The molecular formula is C16H14N2O2S. The van der Waals surface area contributed by atoms with E-state index in [4.69, 9.17) is 4.52 Å². The molecular weight excluding hydrogens is 284 g/mol. The van der Waals surface area contributed by atoms with Crippen LogP contribution in [0.4, 0.5) is 0 Å². The maximum Gasteiger partial charge on any atom is 0.257 e. The van der Waals surface area contributed by atoms with Crippen LogP contribution in [0.25, 0.3) is 11.5 Å². The van der Waals surface area contributed by atoms with Gasteiger partial charge in [0.15, 0.2) is 5.82 Å². The van der Waals surface area contributed by atoms with Crippen LogP contribution in [0.3, 0.4) is 0 Å². The molecule has 0 saturated heterocycles. The van der Waals surface area contributed by atoms with Crippen molar-refractivity contribution in [3.8, 4) is 17.2 Å². The Morgan fingerprint density at radius 3 is 2.48 bits per heavy atom. The summed E-state index contributed by atoms with van der Waals surface area (Å²) in [4.78, 5) is 5.45. The van der Waals surface area contributed by atoms with E-state index in [9.17, 15) is 5.11 Å². The molecule has 3 aromatic rings. The molecule has 0 bridgehead atoms. The van der Waals surface area contributed by atoms with Crippen LogP contribution in [-0.4, -0.2) is 15.2 Å². The zero-order valence-corrected chi connectivity index (χ0v) is 12.3. The second kappa shape index (κ2) is 6.01. The van der Waals surface area contributed by atoms with Gasteiger partial charge in [-0.2, -0.15) is 4.98 Å². The Morgan fingerprint density at radius 1 is 1.05 bits per heavy atom. The van der Waals surface area contributed by atoms with Crippen LogP contribution < -0.4 is 0 Å². The van der Waals surface area contributed by atoms with Gasteiger partial charge in [0.2, 0.25) is 0 Å². The molecule has 4 nitrogen and oxygen atoms in total. The fraction of sp³-hybridized carbons (Fsp3) is 0.125. The predicted molar refractivity (Wildman–Crippen MR) is 82.1 cm³/mol. The molecule has 1 N–H and O–H groups in total. The second-order valence-corrected chi connectivity index (χ2v) is 5.71. The molecule has 0 saturated carbocycles. The molecule has 0 amide bonds. The number of aryl methyl sites for hydroxylation is 1. The van der Waals surface area contributed by atoms with Crippen LogP contribution in [0, 0.1) is 6.92 Å². The van der Waals surface area contributed by atoms with Crippen LogP contribution in [0.5, 0.6) is 5.75 Å². The normalized spacial score (nSPS) is 10.7. The van der Waals surface area contributed by atoms with Gasteiger partial charge in [-0.15, -0.1) is 11.8 Å². The summed E-state index contributed by atoms with van der Waals surface area (Å²) in [6.07, 6.45) is 0. The summed E-state index contributed by atoms with van der Waals surface area (Å²) in [6, 6.07) is 15.0. The van der Waals surface area contributed by atoms with E-state index in [1.165, 1.54) is 5.56 Å². The minimum absolute atomic E-state index is 0.264. The van der Waals surface area contributed by atoms with E-state index in [1.54, 1.807) is 23.9 Å². The molecule has 1 aromatic heterocycles. The zero-order valence-electron chi connectivity index (χ0n) is 11.5. The highest BCUT2D eigenvalue weighted by atomic mass is 32.2. The predicted octanol–water partition coefficient (Wildman–Crippen LogP) is 4.04. The van der Waals surface area contributed by atoms with Crippen LogP contribution >= 0.6 is 11.8 Å². The van der Waals surface area contributed by atoms with Gasteiger partial charge in [-0.25, -0.2) is 0 Å². The first-order valence-electron chi connectivity index (χ1n) is 6.52. The Balaban J connectivity index is 1.67. The Morgan fingerprint density at radius 2 is 1.76 bits per heavy atom. The first-order valence-corrected chi connectivity index (χ1v) is 7.51. The number of thioether (sulfide) groups is 1. The topological polar surface area (TPSA) is 59.2 Å². The van der Waals surface area contributed by atoms with E-state index in [-0.39, 0.29) is 5.75 Å². The van der Waals surface area contributed by atoms with Crippen molar-refractivity contribution in [3.05, 3.63) is 59.9 Å². The van der Waals surface area contributed by atoms with Crippen LogP contribution in [0.15, 0.2) is 57.9 Å². The number of rotatable bonds is 4. The van der Waals surface area contributed by atoms with Crippen molar-refractivity contribution in [3.63, 3.8) is 0 Å². The summed E-state index contributed by atoms with van der Waals surface area (Å²) in [5, 5.41) is 13.2. The van der Waals surface area contributed by atoms with Crippen molar-refractivity contribution in [1.82, 2.24) is 10.1 Å². The lowest BCUT2D eigenvalue weighted by atomic mass is 10.1. The first kappa shape index (κ1) is 13.7. The Bertz CT molecular complexity index is 721. The summed E-state index contributed by atoms with van der Waals surface area (Å²) < 4.78 is 5.28. The smallest absolute Gasteiger partial charge is 0.257 e. The highest BCUT2D eigenvalue weighted by Crippen LogP contribution is 2.25. The monoisotopic (exact) mass is 298 g/mol. The summed E-state index contributed by atoms with van der Waals surface area (Å²) >= 11 is 1.60. The van der Waals surface area contributed by atoms with Gasteiger partial charge in [-0.05, 0) is 43.3 Å². The Labute approximate surface area is 126 Å². The lowest BCUT2D eigenvalue weighted by Crippen LogP contribution is -1.84. The molecule has 0 aliphatic heterocycles. The van der Waals surface area contributed by atoms with Gasteiger partial charge >= 0.3 is 0 Å². The van der Waals surface area contributed by atoms with Crippen LogP contribution in [-0.2, 0) is 5.75 Å². The van der Waals surface area contributed by atoms with Crippen molar-refractivity contribution in [2.75, 3.05) is 0 Å². The van der Waals surface area contributed by atoms with Gasteiger partial charge < -0.3 is 9.63 Å². The third kappa shape index (κ3) is 3.44. The van der Waals surface area contributed by atoms with E-state index in [0.717, 1.165) is 10.5 Å². The maximum absolute atomic E-state index is 9.24. The SMILES string of the molecule is Cc1ccc(-c2nc(CSc3ccc(O)cc3)no2)cc1. The number of aromatic hydroxyl groups is 1. The standard InChI is InChI=1S/C16H14N2O2S/c1-11-2-4-12(5-3-11)16-17-15(18-20-16)10-21-14-8-6-13(19)7-9-14/h2-9,19H,10H2,1H3. The zero-order chi connectivity index (χ0) is 14.7. The van der Waals surface area contributed by atoms with Gasteiger partial charge in [0, 0.05) is 10.5 Å². The number of aromatic nitrogens is 2. The summed E-state index contributed by atoms with van der Waals surface area (Å²) in [5.74, 6) is 2.08. The molecule has 3 rings (SSSR count). The van der Waals surface area contributed by atoms with E-state index in [2.05, 4.69) is 10.1 Å². The third-order valence-electron chi connectivity index (χ3n) is 2.97. The van der Waals surface area contributed by atoms with Crippen molar-refractivity contribution < 1.29 is 9.63 Å². The quantitative estimate of drug-likeness (QED) is 0.736. The summed E-state index contributed by atoms with van der Waals surface area (Å²) in [7, 11) is 0. The molecule has 0 unspecified atom stereocenters. The van der Waals surface area contributed by atoms with Crippen molar-refractivity contribution in [1.29, 1.82) is 0 Å². The minimum atomic E-state index is 0.264. The van der Waals surface area contributed by atoms with E-state index in [1.807, 2.05) is 43.3 Å². The Hall–Kier alpha value is -2.27. The maximum atomic E-state index is 9.24. The fourth-order valence-electron chi connectivity index (χ4n) is 1.82. The molecule has 106 valence electrons. The molecule has 0 spiro atoms. The minimum Gasteiger partial charge on any atom is -0.508 e. The molecule has 2 aromatic carbocycles. The van der Waals surface area contributed by atoms with Crippen molar-refractivity contribution in [2.24, 2.45) is 0 Å². The van der Waals surface area contributed by atoms with Crippen LogP contribution in [0.1, 0.15) is 11.4 Å². The third-order valence-corrected chi connectivity index (χ3v) is 3.98. The number of benzene rings is 2. The number of nitrogens with zero attached hydrogens (tertiary/aromatic N) is 2. The molecule has 0 radical (unpaired) electrons. The number of phenols is 1. The average Bonchev–Trinajstić information content (AvgIpc) is 2.96. The number of hydrogen-bond donors (Lipinski definition) is 1. The molecule has 5 heteroatoms.